The maximum Gasteiger partial charge on any atom is 0.229 e. The van der Waals surface area contributed by atoms with Gasteiger partial charge in [0.05, 0.1) is 24.1 Å². The lowest BCUT2D eigenvalue weighted by Crippen LogP contribution is -2.56. The van der Waals surface area contributed by atoms with Gasteiger partial charge in [0, 0.05) is 16.0 Å². The third kappa shape index (κ3) is 4.82. The second kappa shape index (κ2) is 9.72. The van der Waals surface area contributed by atoms with Crippen LogP contribution in [0.5, 0.6) is 0 Å². The lowest BCUT2D eigenvalue weighted by molar-refractivity contribution is -0.156. The van der Waals surface area contributed by atoms with E-state index in [2.05, 4.69) is 6.58 Å². The minimum Gasteiger partial charge on any atom is -0.394 e. The number of aliphatic hydroxyl groups excluding tert-OH is 1. The molecule has 1 amide bonds. The SMILES string of the molecule is C=CC[C@@]1(C)C[C@H](c2cc(F)cc(Cl)c2)[C@@H](c2ccc(Cl)cc2)N([C@@H](CC)CO)C1=O. The van der Waals surface area contributed by atoms with Crippen LogP contribution < -0.4 is 0 Å². The molecule has 4 atom stereocenters. The summed E-state index contributed by atoms with van der Waals surface area (Å²) in [5.41, 5.74) is 0.887. The maximum absolute atomic E-state index is 14.3. The smallest absolute Gasteiger partial charge is 0.229 e. The van der Waals surface area contributed by atoms with Crippen LogP contribution in [0.3, 0.4) is 0 Å². The van der Waals surface area contributed by atoms with Gasteiger partial charge in [0.1, 0.15) is 5.82 Å². The minimum atomic E-state index is -0.725. The van der Waals surface area contributed by atoms with E-state index in [9.17, 15) is 14.3 Å². The number of hydrogen-bond donors (Lipinski definition) is 1. The first-order chi connectivity index (χ1) is 14.7. The molecule has 0 unspecified atom stereocenters. The molecular weight excluding hydrogens is 436 g/mol. The topological polar surface area (TPSA) is 40.5 Å². The Labute approximate surface area is 193 Å². The monoisotopic (exact) mass is 463 g/mol. The van der Waals surface area contributed by atoms with Crippen LogP contribution in [0.15, 0.2) is 55.1 Å². The highest BCUT2D eigenvalue weighted by atomic mass is 35.5. The quantitative estimate of drug-likeness (QED) is 0.473. The molecule has 0 aliphatic carbocycles. The number of rotatable bonds is 7. The van der Waals surface area contributed by atoms with Crippen LogP contribution in [0, 0.1) is 11.2 Å². The molecule has 2 aromatic rings. The predicted molar refractivity (Wildman–Crippen MR) is 124 cm³/mol. The Morgan fingerprint density at radius 2 is 1.90 bits per heavy atom. The van der Waals surface area contributed by atoms with Crippen LogP contribution in [0.1, 0.15) is 56.2 Å². The van der Waals surface area contributed by atoms with Gasteiger partial charge in [-0.25, -0.2) is 4.39 Å². The molecule has 1 N–H and O–H groups in total. The number of benzene rings is 2. The third-order valence-corrected chi connectivity index (χ3v) is 6.77. The molecule has 2 aromatic carbocycles. The highest BCUT2D eigenvalue weighted by Crippen LogP contribution is 2.52. The van der Waals surface area contributed by atoms with E-state index < -0.39 is 17.3 Å². The van der Waals surface area contributed by atoms with Crippen LogP contribution in [0.25, 0.3) is 0 Å². The average molecular weight is 464 g/mol. The van der Waals surface area contributed by atoms with E-state index in [-0.39, 0.29) is 24.5 Å². The van der Waals surface area contributed by atoms with E-state index in [4.69, 9.17) is 23.2 Å². The lowest BCUT2D eigenvalue weighted by atomic mass is 9.67. The predicted octanol–water partition coefficient (Wildman–Crippen LogP) is 6.54. The summed E-state index contributed by atoms with van der Waals surface area (Å²) in [6, 6.07) is 11.1. The van der Waals surface area contributed by atoms with E-state index in [1.54, 1.807) is 29.2 Å². The molecule has 0 saturated carbocycles. The van der Waals surface area contributed by atoms with Crippen molar-refractivity contribution in [2.45, 2.75) is 51.1 Å². The molecular formula is C25H28Cl2FNO2. The molecule has 3 rings (SSSR count). The number of carbonyl (C=O) groups excluding carboxylic acids is 1. The second-order valence-electron chi connectivity index (χ2n) is 8.52. The van der Waals surface area contributed by atoms with Crippen molar-refractivity contribution in [1.29, 1.82) is 0 Å². The molecule has 1 fully saturated rings. The van der Waals surface area contributed by atoms with Crippen molar-refractivity contribution in [3.8, 4) is 0 Å². The zero-order valence-electron chi connectivity index (χ0n) is 17.8. The van der Waals surface area contributed by atoms with Crippen LogP contribution in [0.4, 0.5) is 4.39 Å². The van der Waals surface area contributed by atoms with Gasteiger partial charge < -0.3 is 10.0 Å². The number of likely N-dealkylation sites (tertiary alicyclic amines) is 1. The fourth-order valence-corrected chi connectivity index (χ4v) is 5.11. The van der Waals surface area contributed by atoms with Crippen LogP contribution in [0.2, 0.25) is 10.0 Å². The van der Waals surface area contributed by atoms with Gasteiger partial charge in [-0.2, -0.15) is 0 Å². The van der Waals surface area contributed by atoms with Gasteiger partial charge in [-0.15, -0.1) is 6.58 Å². The molecule has 0 aromatic heterocycles. The van der Waals surface area contributed by atoms with Crippen LogP contribution in [-0.4, -0.2) is 28.6 Å². The number of carbonyl (C=O) groups is 1. The van der Waals surface area contributed by atoms with Crippen molar-refractivity contribution in [3.05, 3.63) is 82.1 Å². The fraction of sp³-hybridized carbons (Fsp3) is 0.400. The minimum absolute atomic E-state index is 0.0352. The summed E-state index contributed by atoms with van der Waals surface area (Å²) < 4.78 is 14.3. The molecule has 166 valence electrons. The van der Waals surface area contributed by atoms with Crippen molar-refractivity contribution in [2.75, 3.05) is 6.61 Å². The first kappa shape index (κ1) is 23.8. The molecule has 1 heterocycles. The maximum atomic E-state index is 14.3. The molecule has 6 heteroatoms. The molecule has 1 aliphatic heterocycles. The molecule has 1 aliphatic rings. The highest BCUT2D eigenvalue weighted by Gasteiger charge is 2.50. The Morgan fingerprint density at radius 3 is 2.45 bits per heavy atom. The van der Waals surface area contributed by atoms with Crippen LogP contribution >= 0.6 is 23.2 Å². The Kier molecular flexibility index (Phi) is 7.46. The Morgan fingerprint density at radius 1 is 1.23 bits per heavy atom. The number of aliphatic hydroxyl groups is 1. The van der Waals surface area contributed by atoms with Crippen molar-refractivity contribution >= 4 is 29.1 Å². The van der Waals surface area contributed by atoms with Gasteiger partial charge in [0.15, 0.2) is 0 Å². The molecule has 0 spiro atoms. The standard InChI is InChI=1S/C25H28Cl2FNO2/c1-4-10-25(3)14-22(17-11-19(27)13-20(28)12-17)23(16-6-8-18(26)9-7-16)29(24(25)31)21(5-2)15-30/h4,6-9,11-13,21-23,30H,1,5,10,14-15H2,2-3H3/t21-,22+,23+,25-/m0/s1. The molecule has 0 bridgehead atoms. The number of piperidine rings is 1. The van der Waals surface area contributed by atoms with E-state index in [1.165, 1.54) is 12.1 Å². The van der Waals surface area contributed by atoms with Gasteiger partial charge in [0.25, 0.3) is 0 Å². The first-order valence-corrected chi connectivity index (χ1v) is 11.3. The van der Waals surface area contributed by atoms with Gasteiger partial charge in [-0.05, 0) is 60.7 Å². The van der Waals surface area contributed by atoms with Gasteiger partial charge in [-0.3, -0.25) is 4.79 Å². The third-order valence-electron chi connectivity index (χ3n) is 6.30. The second-order valence-corrected chi connectivity index (χ2v) is 9.39. The van der Waals surface area contributed by atoms with Crippen LogP contribution in [-0.2, 0) is 4.79 Å². The fourth-order valence-electron chi connectivity index (χ4n) is 4.75. The van der Waals surface area contributed by atoms with Gasteiger partial charge in [0.2, 0.25) is 5.91 Å². The van der Waals surface area contributed by atoms with E-state index in [0.717, 1.165) is 11.1 Å². The van der Waals surface area contributed by atoms with Crippen molar-refractivity contribution in [2.24, 2.45) is 5.41 Å². The number of allylic oxidation sites excluding steroid dienone is 1. The summed E-state index contributed by atoms with van der Waals surface area (Å²) in [6.07, 6.45) is 3.32. The molecule has 0 radical (unpaired) electrons. The number of hydrogen-bond acceptors (Lipinski definition) is 2. The molecule has 31 heavy (non-hydrogen) atoms. The van der Waals surface area contributed by atoms with Gasteiger partial charge >= 0.3 is 0 Å². The average Bonchev–Trinajstić information content (AvgIpc) is 2.72. The normalized spacial score (nSPS) is 24.8. The summed E-state index contributed by atoms with van der Waals surface area (Å²) in [5.74, 6) is -0.676. The number of amides is 1. The summed E-state index contributed by atoms with van der Waals surface area (Å²) in [6.45, 7) is 7.54. The molecule has 3 nitrogen and oxygen atoms in total. The number of halogens is 3. The Balaban J connectivity index is 2.24. The van der Waals surface area contributed by atoms with E-state index >= 15 is 0 Å². The zero-order valence-corrected chi connectivity index (χ0v) is 19.3. The Hall–Kier alpha value is -1.88. The molecule has 1 saturated heterocycles. The largest absolute Gasteiger partial charge is 0.394 e. The lowest BCUT2D eigenvalue weighted by Gasteiger charge is -2.51. The zero-order chi connectivity index (χ0) is 22.8. The van der Waals surface area contributed by atoms with Crippen molar-refractivity contribution in [3.63, 3.8) is 0 Å². The highest BCUT2D eigenvalue weighted by molar-refractivity contribution is 6.30. The van der Waals surface area contributed by atoms with E-state index in [0.29, 0.717) is 29.3 Å². The summed E-state index contributed by atoms with van der Waals surface area (Å²) in [7, 11) is 0. The first-order valence-electron chi connectivity index (χ1n) is 10.5. The van der Waals surface area contributed by atoms with Crippen molar-refractivity contribution < 1.29 is 14.3 Å². The summed E-state index contributed by atoms with van der Waals surface area (Å²) in [4.78, 5) is 15.6. The summed E-state index contributed by atoms with van der Waals surface area (Å²) in [5, 5.41) is 11.0. The van der Waals surface area contributed by atoms with Gasteiger partial charge in [-0.1, -0.05) is 55.3 Å². The van der Waals surface area contributed by atoms with Crippen molar-refractivity contribution in [1.82, 2.24) is 4.90 Å². The van der Waals surface area contributed by atoms with E-state index in [1.807, 2.05) is 26.0 Å². The number of nitrogens with zero attached hydrogens (tertiary/aromatic N) is 1. The summed E-state index contributed by atoms with van der Waals surface area (Å²) >= 11 is 12.3. The Bertz CT molecular complexity index is 925.